The second-order valence-electron chi connectivity index (χ2n) is 10.8. The molecule has 7 atom stereocenters. The molecule has 7 heteroatoms. The lowest BCUT2D eigenvalue weighted by molar-refractivity contribution is -0.203. The van der Waals surface area contributed by atoms with Crippen LogP contribution in [0, 0.1) is 28.6 Å². The van der Waals surface area contributed by atoms with Gasteiger partial charge in [0.05, 0.1) is 6.10 Å². The molecule has 3 saturated carbocycles. The van der Waals surface area contributed by atoms with Crippen LogP contribution in [0.2, 0.25) is 0 Å². The number of carbonyl (C=O) groups is 4. The Morgan fingerprint density at radius 3 is 2.53 bits per heavy atom. The van der Waals surface area contributed by atoms with Gasteiger partial charge in [-0.05, 0) is 74.2 Å². The molecule has 7 nitrogen and oxygen atoms in total. The van der Waals surface area contributed by atoms with E-state index in [1.807, 2.05) is 13.8 Å². The minimum atomic E-state index is -1.75. The summed E-state index contributed by atoms with van der Waals surface area (Å²) in [6, 6.07) is 0. The third-order valence-corrected chi connectivity index (χ3v) is 9.32. The van der Waals surface area contributed by atoms with Crippen LogP contribution in [-0.4, -0.2) is 45.4 Å². The van der Waals surface area contributed by atoms with Gasteiger partial charge in [-0.1, -0.05) is 26.3 Å². The lowest BCUT2D eigenvalue weighted by Crippen LogP contribution is -2.63. The number of Topliss-reactive ketones (excluding diaryl/α,β-unsaturated/α-hetero) is 1. The molecule has 2 N–H and O–H groups in total. The fourth-order valence-corrected chi connectivity index (χ4v) is 7.88. The van der Waals surface area contributed by atoms with Gasteiger partial charge in [-0.3, -0.25) is 14.4 Å². The van der Waals surface area contributed by atoms with E-state index >= 15 is 0 Å². The SMILES string of the molecule is CCCC(=O)O[C@]1(C(=O)C(=O)O)CC[C@H]2[C@@H]3CCC4=CC(=O)CC[C@]4(C)[C@H]3[C@@H](O)C[C@@]21C. The molecule has 0 aromatic carbocycles. The Bertz CT molecular complexity index is 891. The van der Waals surface area contributed by atoms with Gasteiger partial charge >= 0.3 is 11.9 Å². The molecular weight excluding hydrogens is 412 g/mol. The number of carbonyl (C=O) groups excluding carboxylic acids is 3. The van der Waals surface area contributed by atoms with Gasteiger partial charge in [0.1, 0.15) is 0 Å². The monoisotopic (exact) mass is 446 g/mol. The molecule has 0 aliphatic heterocycles. The average molecular weight is 447 g/mol. The van der Waals surface area contributed by atoms with E-state index < -0.39 is 34.8 Å². The Balaban J connectivity index is 1.75. The first kappa shape index (κ1) is 23.1. The van der Waals surface area contributed by atoms with Gasteiger partial charge in [0.25, 0.3) is 5.78 Å². The van der Waals surface area contributed by atoms with Crippen molar-refractivity contribution in [2.75, 3.05) is 0 Å². The largest absolute Gasteiger partial charge is 0.475 e. The van der Waals surface area contributed by atoms with E-state index in [0.717, 1.165) is 18.4 Å². The highest BCUT2D eigenvalue weighted by molar-refractivity contribution is 6.36. The summed E-state index contributed by atoms with van der Waals surface area (Å²) in [6.07, 6.45) is 5.30. The fourth-order valence-electron chi connectivity index (χ4n) is 7.88. The van der Waals surface area contributed by atoms with Crippen LogP contribution >= 0.6 is 0 Å². The van der Waals surface area contributed by atoms with E-state index in [1.165, 1.54) is 0 Å². The van der Waals surface area contributed by atoms with Gasteiger partial charge in [0.15, 0.2) is 11.4 Å². The molecule has 0 unspecified atom stereocenters. The third kappa shape index (κ3) is 3.11. The number of aliphatic hydroxyl groups is 1. The molecule has 4 aliphatic carbocycles. The Morgan fingerprint density at radius 2 is 1.88 bits per heavy atom. The number of fused-ring (bicyclic) bond motifs is 5. The molecular formula is C25H34O7. The summed E-state index contributed by atoms with van der Waals surface area (Å²) < 4.78 is 5.77. The summed E-state index contributed by atoms with van der Waals surface area (Å²) >= 11 is 0. The van der Waals surface area contributed by atoms with Crippen molar-refractivity contribution >= 4 is 23.5 Å². The topological polar surface area (TPSA) is 118 Å². The molecule has 176 valence electrons. The van der Waals surface area contributed by atoms with Crippen LogP contribution in [0.5, 0.6) is 0 Å². The first-order valence-corrected chi connectivity index (χ1v) is 11.9. The summed E-state index contributed by atoms with van der Waals surface area (Å²) in [5, 5.41) is 21.1. The van der Waals surface area contributed by atoms with E-state index in [1.54, 1.807) is 6.08 Å². The highest BCUT2D eigenvalue weighted by Crippen LogP contribution is 2.68. The number of ketones is 2. The number of hydrogen-bond donors (Lipinski definition) is 2. The number of allylic oxidation sites excluding steroid dienone is 1. The summed E-state index contributed by atoms with van der Waals surface area (Å²) in [7, 11) is 0. The number of esters is 1. The van der Waals surface area contributed by atoms with Gasteiger partial charge in [0, 0.05) is 18.3 Å². The highest BCUT2D eigenvalue weighted by atomic mass is 16.6. The van der Waals surface area contributed by atoms with Crippen molar-refractivity contribution in [3.8, 4) is 0 Å². The van der Waals surface area contributed by atoms with Crippen molar-refractivity contribution in [2.24, 2.45) is 28.6 Å². The predicted molar refractivity (Wildman–Crippen MR) is 114 cm³/mol. The molecule has 0 amide bonds. The summed E-state index contributed by atoms with van der Waals surface area (Å²) in [5.74, 6) is -3.12. The minimum absolute atomic E-state index is 0.0374. The zero-order valence-electron chi connectivity index (χ0n) is 19.2. The summed E-state index contributed by atoms with van der Waals surface area (Å²) in [5.41, 5.74) is -1.87. The normalized spacial score (nSPS) is 42.9. The van der Waals surface area contributed by atoms with Crippen LogP contribution < -0.4 is 0 Å². The van der Waals surface area contributed by atoms with Crippen molar-refractivity contribution in [3.05, 3.63) is 11.6 Å². The molecule has 3 fully saturated rings. The predicted octanol–water partition coefficient (Wildman–Crippen LogP) is 3.22. The summed E-state index contributed by atoms with van der Waals surface area (Å²) in [4.78, 5) is 49.4. The Hall–Kier alpha value is -2.02. The highest BCUT2D eigenvalue weighted by Gasteiger charge is 2.71. The first-order valence-electron chi connectivity index (χ1n) is 11.9. The molecule has 0 saturated heterocycles. The van der Waals surface area contributed by atoms with E-state index in [-0.39, 0.29) is 48.2 Å². The first-order chi connectivity index (χ1) is 15.0. The molecule has 4 rings (SSSR count). The molecule has 4 aliphatic rings. The molecule has 0 heterocycles. The quantitative estimate of drug-likeness (QED) is 0.492. The van der Waals surface area contributed by atoms with Crippen molar-refractivity contribution in [1.29, 1.82) is 0 Å². The number of ether oxygens (including phenoxy) is 1. The smallest absolute Gasteiger partial charge is 0.376 e. The Kier molecular flexibility index (Phi) is 5.63. The van der Waals surface area contributed by atoms with E-state index in [2.05, 4.69) is 6.92 Å². The fraction of sp³-hybridized carbons (Fsp3) is 0.760. The minimum Gasteiger partial charge on any atom is -0.475 e. The van der Waals surface area contributed by atoms with Crippen LogP contribution in [0.3, 0.4) is 0 Å². The number of aliphatic carboxylic acids is 1. The van der Waals surface area contributed by atoms with Crippen molar-refractivity contribution < 1.29 is 34.1 Å². The summed E-state index contributed by atoms with van der Waals surface area (Å²) in [6.45, 7) is 5.80. The maximum atomic E-state index is 13.1. The van der Waals surface area contributed by atoms with Crippen LogP contribution in [0.15, 0.2) is 11.6 Å². The van der Waals surface area contributed by atoms with Gasteiger partial charge in [-0.15, -0.1) is 0 Å². The number of carboxylic acid groups (broad SMARTS) is 1. The van der Waals surface area contributed by atoms with Crippen LogP contribution in [0.25, 0.3) is 0 Å². The third-order valence-electron chi connectivity index (χ3n) is 9.32. The molecule has 0 aromatic heterocycles. The second kappa shape index (κ2) is 7.79. The lowest BCUT2D eigenvalue weighted by Gasteiger charge is -2.60. The van der Waals surface area contributed by atoms with Crippen molar-refractivity contribution in [3.63, 3.8) is 0 Å². The molecule has 32 heavy (non-hydrogen) atoms. The van der Waals surface area contributed by atoms with Crippen LogP contribution in [0.4, 0.5) is 0 Å². The zero-order chi connectivity index (χ0) is 23.5. The van der Waals surface area contributed by atoms with Gasteiger partial charge in [-0.25, -0.2) is 4.79 Å². The maximum absolute atomic E-state index is 13.1. The van der Waals surface area contributed by atoms with Gasteiger partial charge in [-0.2, -0.15) is 0 Å². The van der Waals surface area contributed by atoms with E-state index in [4.69, 9.17) is 4.74 Å². The number of aliphatic hydroxyl groups excluding tert-OH is 1. The van der Waals surface area contributed by atoms with E-state index in [0.29, 0.717) is 25.7 Å². The van der Waals surface area contributed by atoms with Gasteiger partial charge in [0.2, 0.25) is 0 Å². The number of rotatable bonds is 5. The molecule has 0 aromatic rings. The zero-order valence-corrected chi connectivity index (χ0v) is 19.2. The number of hydrogen-bond acceptors (Lipinski definition) is 6. The average Bonchev–Trinajstić information content (AvgIpc) is 3.00. The van der Waals surface area contributed by atoms with Crippen molar-refractivity contribution in [1.82, 2.24) is 0 Å². The molecule has 0 bridgehead atoms. The molecule has 0 radical (unpaired) electrons. The Morgan fingerprint density at radius 1 is 1.16 bits per heavy atom. The standard InChI is InChI=1S/C25H34O7/c1-4-5-19(28)32-25(21(29)22(30)31)11-9-17-16-7-6-14-12-15(26)8-10-23(14,2)20(16)18(27)13-24(17,25)3/h12,16-18,20,27H,4-11,13H2,1-3H3,(H,30,31)/t16-,17-,18-,20+,23-,24-,25-/m0/s1. The Labute approximate surface area is 188 Å². The second-order valence-corrected chi connectivity index (χ2v) is 10.8. The lowest BCUT2D eigenvalue weighted by atomic mass is 9.45. The van der Waals surface area contributed by atoms with Crippen LogP contribution in [0.1, 0.15) is 78.6 Å². The maximum Gasteiger partial charge on any atom is 0.376 e. The van der Waals surface area contributed by atoms with Crippen LogP contribution in [-0.2, 0) is 23.9 Å². The molecule has 0 spiro atoms. The number of carboxylic acids is 1. The van der Waals surface area contributed by atoms with E-state index in [9.17, 15) is 29.4 Å². The van der Waals surface area contributed by atoms with Crippen molar-refractivity contribution in [2.45, 2.75) is 90.3 Å². The van der Waals surface area contributed by atoms with Gasteiger partial charge < -0.3 is 14.9 Å².